The highest BCUT2D eigenvalue weighted by molar-refractivity contribution is 7.98. The molecule has 16 heavy (non-hydrogen) atoms. The summed E-state index contributed by atoms with van der Waals surface area (Å²) in [5, 5.41) is 3.31. The molecule has 0 atom stereocenters. The number of benzene rings is 2. The van der Waals surface area contributed by atoms with Gasteiger partial charge < -0.3 is 11.1 Å². The molecule has 0 heterocycles. The Balaban J connectivity index is 2.14. The summed E-state index contributed by atoms with van der Waals surface area (Å²) in [6, 6.07) is 16.1. The molecule has 0 radical (unpaired) electrons. The smallest absolute Gasteiger partial charge is 0.0404 e. The maximum atomic E-state index is 5.71. The van der Waals surface area contributed by atoms with Crippen LogP contribution in [0.1, 0.15) is 0 Å². The number of thioether (sulfide) groups is 1. The molecule has 2 rings (SSSR count). The van der Waals surface area contributed by atoms with E-state index in [1.807, 2.05) is 24.3 Å². The van der Waals surface area contributed by atoms with Crippen LogP contribution in [0.2, 0.25) is 0 Å². The van der Waals surface area contributed by atoms with Crippen molar-refractivity contribution >= 4 is 28.8 Å². The predicted molar refractivity (Wildman–Crippen MR) is 72.4 cm³/mol. The molecule has 0 saturated heterocycles. The van der Waals surface area contributed by atoms with Crippen molar-refractivity contribution in [2.75, 3.05) is 17.3 Å². The summed E-state index contributed by atoms with van der Waals surface area (Å²) in [5.41, 5.74) is 8.57. The van der Waals surface area contributed by atoms with Crippen molar-refractivity contribution in [3.8, 4) is 0 Å². The van der Waals surface area contributed by atoms with Gasteiger partial charge in [0.1, 0.15) is 0 Å². The Morgan fingerprint density at radius 2 is 1.75 bits per heavy atom. The van der Waals surface area contributed by atoms with Gasteiger partial charge in [0.15, 0.2) is 0 Å². The third kappa shape index (κ3) is 2.70. The van der Waals surface area contributed by atoms with Gasteiger partial charge in [0.05, 0.1) is 0 Å². The first-order valence-electron chi connectivity index (χ1n) is 5.04. The molecule has 0 spiro atoms. The van der Waals surface area contributed by atoms with E-state index in [1.165, 1.54) is 4.90 Å². The molecular weight excluding hydrogens is 216 g/mol. The van der Waals surface area contributed by atoms with Crippen LogP contribution in [0.3, 0.4) is 0 Å². The molecule has 3 heteroatoms. The van der Waals surface area contributed by atoms with E-state index in [1.54, 1.807) is 11.8 Å². The Hall–Kier alpha value is -1.61. The van der Waals surface area contributed by atoms with E-state index in [2.05, 4.69) is 35.8 Å². The normalized spacial score (nSPS) is 10.1. The zero-order valence-electron chi connectivity index (χ0n) is 9.10. The Labute approximate surface area is 99.9 Å². The van der Waals surface area contributed by atoms with Gasteiger partial charge in [-0.05, 0) is 48.7 Å². The van der Waals surface area contributed by atoms with Crippen LogP contribution in [0.25, 0.3) is 0 Å². The summed E-state index contributed by atoms with van der Waals surface area (Å²) in [7, 11) is 0. The third-order valence-electron chi connectivity index (χ3n) is 2.27. The second-order valence-electron chi connectivity index (χ2n) is 3.48. The second kappa shape index (κ2) is 4.94. The lowest BCUT2D eigenvalue weighted by molar-refractivity contribution is 1.44. The van der Waals surface area contributed by atoms with Crippen molar-refractivity contribution in [2.24, 2.45) is 0 Å². The molecule has 0 amide bonds. The van der Waals surface area contributed by atoms with E-state index in [9.17, 15) is 0 Å². The second-order valence-corrected chi connectivity index (χ2v) is 4.36. The first-order chi connectivity index (χ1) is 7.78. The topological polar surface area (TPSA) is 38.0 Å². The fourth-order valence-electron chi connectivity index (χ4n) is 1.46. The zero-order chi connectivity index (χ0) is 11.4. The van der Waals surface area contributed by atoms with Crippen LogP contribution < -0.4 is 11.1 Å². The number of nitrogen functional groups attached to an aromatic ring is 1. The van der Waals surface area contributed by atoms with Crippen LogP contribution in [-0.2, 0) is 0 Å². The molecule has 2 nitrogen and oxygen atoms in total. The van der Waals surface area contributed by atoms with Gasteiger partial charge in [-0.15, -0.1) is 11.8 Å². The van der Waals surface area contributed by atoms with Gasteiger partial charge in [-0.1, -0.05) is 6.07 Å². The lowest BCUT2D eigenvalue weighted by atomic mass is 10.2. The average molecular weight is 230 g/mol. The maximum Gasteiger partial charge on any atom is 0.0404 e. The summed E-state index contributed by atoms with van der Waals surface area (Å²) in [5.74, 6) is 0. The molecule has 2 aromatic carbocycles. The SMILES string of the molecule is CSc1ccc(Nc2cccc(N)c2)cc1. The number of nitrogens with two attached hydrogens (primary N) is 1. The Bertz CT molecular complexity index is 466. The number of nitrogens with one attached hydrogen (secondary N) is 1. The van der Waals surface area contributed by atoms with Crippen LogP contribution in [0.5, 0.6) is 0 Å². The highest BCUT2D eigenvalue weighted by Crippen LogP contribution is 2.21. The quantitative estimate of drug-likeness (QED) is 0.623. The van der Waals surface area contributed by atoms with Crippen molar-refractivity contribution in [2.45, 2.75) is 4.90 Å². The van der Waals surface area contributed by atoms with Gasteiger partial charge in [0.25, 0.3) is 0 Å². The summed E-state index contributed by atoms with van der Waals surface area (Å²) < 4.78 is 0. The van der Waals surface area contributed by atoms with Crippen molar-refractivity contribution in [3.05, 3.63) is 48.5 Å². The fraction of sp³-hybridized carbons (Fsp3) is 0.0769. The molecule has 3 N–H and O–H groups in total. The molecule has 0 bridgehead atoms. The van der Waals surface area contributed by atoms with Gasteiger partial charge in [-0.3, -0.25) is 0 Å². The van der Waals surface area contributed by atoms with Crippen LogP contribution in [0, 0.1) is 0 Å². The van der Waals surface area contributed by atoms with Crippen LogP contribution in [-0.4, -0.2) is 6.26 Å². The first kappa shape index (κ1) is 10.9. The van der Waals surface area contributed by atoms with E-state index < -0.39 is 0 Å². The average Bonchev–Trinajstić information content (AvgIpc) is 2.30. The Kier molecular flexibility index (Phi) is 3.37. The van der Waals surface area contributed by atoms with Gasteiger partial charge in [0, 0.05) is 22.0 Å². The highest BCUT2D eigenvalue weighted by atomic mass is 32.2. The summed E-state index contributed by atoms with van der Waals surface area (Å²) in [4.78, 5) is 1.26. The number of hydrogen-bond acceptors (Lipinski definition) is 3. The van der Waals surface area contributed by atoms with E-state index in [0.717, 1.165) is 17.1 Å². The fourth-order valence-corrected chi connectivity index (χ4v) is 1.87. The lowest BCUT2D eigenvalue weighted by Crippen LogP contribution is -1.91. The minimum Gasteiger partial charge on any atom is -0.399 e. The minimum absolute atomic E-state index is 0.769. The number of hydrogen-bond donors (Lipinski definition) is 2. The molecule has 0 saturated carbocycles. The van der Waals surface area contributed by atoms with Crippen LogP contribution in [0.4, 0.5) is 17.1 Å². The van der Waals surface area contributed by atoms with E-state index in [0.29, 0.717) is 0 Å². The zero-order valence-corrected chi connectivity index (χ0v) is 9.92. The van der Waals surface area contributed by atoms with Gasteiger partial charge in [-0.25, -0.2) is 0 Å². The number of rotatable bonds is 3. The van der Waals surface area contributed by atoms with Gasteiger partial charge in [-0.2, -0.15) is 0 Å². The highest BCUT2D eigenvalue weighted by Gasteiger charge is 1.95. The molecule has 0 aliphatic carbocycles. The van der Waals surface area contributed by atoms with Crippen molar-refractivity contribution < 1.29 is 0 Å². The van der Waals surface area contributed by atoms with E-state index >= 15 is 0 Å². The van der Waals surface area contributed by atoms with Gasteiger partial charge >= 0.3 is 0 Å². The van der Waals surface area contributed by atoms with Crippen molar-refractivity contribution in [1.29, 1.82) is 0 Å². The lowest BCUT2D eigenvalue weighted by Gasteiger charge is -2.07. The van der Waals surface area contributed by atoms with Crippen LogP contribution >= 0.6 is 11.8 Å². The summed E-state index contributed by atoms with van der Waals surface area (Å²) >= 11 is 1.74. The minimum atomic E-state index is 0.769. The standard InChI is InChI=1S/C13H14N2S/c1-16-13-7-5-11(6-8-13)15-12-4-2-3-10(14)9-12/h2-9,15H,14H2,1H3. The van der Waals surface area contributed by atoms with Crippen molar-refractivity contribution in [3.63, 3.8) is 0 Å². The number of anilines is 3. The largest absolute Gasteiger partial charge is 0.399 e. The molecular formula is C13H14N2S. The van der Waals surface area contributed by atoms with Gasteiger partial charge in [0.2, 0.25) is 0 Å². The molecule has 0 unspecified atom stereocenters. The monoisotopic (exact) mass is 230 g/mol. The summed E-state index contributed by atoms with van der Waals surface area (Å²) in [6.07, 6.45) is 2.07. The predicted octanol–water partition coefficient (Wildman–Crippen LogP) is 3.73. The Morgan fingerprint density at radius 3 is 2.38 bits per heavy atom. The van der Waals surface area contributed by atoms with Crippen molar-refractivity contribution in [1.82, 2.24) is 0 Å². The molecule has 0 fully saturated rings. The first-order valence-corrected chi connectivity index (χ1v) is 6.27. The van der Waals surface area contributed by atoms with E-state index in [-0.39, 0.29) is 0 Å². The Morgan fingerprint density at radius 1 is 1.00 bits per heavy atom. The molecule has 2 aromatic rings. The maximum absolute atomic E-state index is 5.71. The molecule has 0 aliphatic rings. The van der Waals surface area contributed by atoms with E-state index in [4.69, 9.17) is 5.73 Å². The van der Waals surface area contributed by atoms with Crippen LogP contribution in [0.15, 0.2) is 53.4 Å². The third-order valence-corrected chi connectivity index (χ3v) is 3.01. The summed E-state index contributed by atoms with van der Waals surface area (Å²) in [6.45, 7) is 0. The molecule has 0 aromatic heterocycles. The molecule has 0 aliphatic heterocycles. The molecule has 82 valence electrons.